The lowest BCUT2D eigenvalue weighted by Gasteiger charge is -2.07. The van der Waals surface area contributed by atoms with Gasteiger partial charge in [-0.05, 0) is 36.4 Å². The molecule has 2 aromatic carbocycles. The molecule has 0 atom stereocenters. The molecule has 0 radical (unpaired) electrons. The van der Waals surface area contributed by atoms with Crippen LogP contribution in [0, 0.1) is 5.82 Å². The molecule has 0 bridgehead atoms. The fourth-order valence-corrected chi connectivity index (χ4v) is 2.18. The fourth-order valence-electron chi connectivity index (χ4n) is 1.62. The van der Waals surface area contributed by atoms with Crippen molar-refractivity contribution in [3.05, 3.63) is 53.8 Å². The third kappa shape index (κ3) is 3.56. The number of halogens is 1. The maximum atomic E-state index is 13.3. The molecule has 0 unspecified atom stereocenters. The highest BCUT2D eigenvalue weighted by molar-refractivity contribution is 7.89. The molecule has 0 aromatic heterocycles. The van der Waals surface area contributed by atoms with Gasteiger partial charge in [0, 0.05) is 11.3 Å². The number of primary sulfonamides is 1. The molecule has 0 aliphatic heterocycles. The fraction of sp³-hybridized carbons (Fsp3) is 0. The van der Waals surface area contributed by atoms with Gasteiger partial charge in [0.2, 0.25) is 10.0 Å². The van der Waals surface area contributed by atoms with Crippen LogP contribution in [0.3, 0.4) is 0 Å². The molecule has 0 heterocycles. The summed E-state index contributed by atoms with van der Waals surface area (Å²) < 4.78 is 35.7. The van der Waals surface area contributed by atoms with Crippen LogP contribution < -0.4 is 16.2 Å². The van der Waals surface area contributed by atoms with E-state index in [-0.39, 0.29) is 21.8 Å². The van der Waals surface area contributed by atoms with Crippen LogP contribution in [0.1, 0.15) is 10.4 Å². The van der Waals surface area contributed by atoms with Gasteiger partial charge in [0.1, 0.15) is 5.82 Å². The Morgan fingerprint density at radius 1 is 1.14 bits per heavy atom. The molecule has 0 saturated carbocycles. The molecule has 5 N–H and O–H groups in total. The largest absolute Gasteiger partial charge is 0.396 e. The van der Waals surface area contributed by atoms with Crippen molar-refractivity contribution in [2.24, 2.45) is 5.14 Å². The van der Waals surface area contributed by atoms with Crippen molar-refractivity contribution >= 4 is 27.3 Å². The maximum absolute atomic E-state index is 13.3. The number of nitrogens with one attached hydrogen (secondary N) is 1. The maximum Gasteiger partial charge on any atom is 0.255 e. The summed E-state index contributed by atoms with van der Waals surface area (Å²) in [4.78, 5) is 11.8. The van der Waals surface area contributed by atoms with Crippen molar-refractivity contribution in [3.8, 4) is 0 Å². The van der Waals surface area contributed by atoms with Gasteiger partial charge in [0.25, 0.3) is 5.91 Å². The molecule has 0 saturated heterocycles. The zero-order valence-corrected chi connectivity index (χ0v) is 11.5. The molecular weight excluding hydrogens is 297 g/mol. The molecule has 2 rings (SSSR count). The van der Waals surface area contributed by atoms with E-state index < -0.39 is 21.7 Å². The van der Waals surface area contributed by atoms with Gasteiger partial charge in [0.05, 0.1) is 10.6 Å². The highest BCUT2D eigenvalue weighted by atomic mass is 32.2. The van der Waals surface area contributed by atoms with E-state index in [0.717, 1.165) is 6.07 Å². The van der Waals surface area contributed by atoms with Gasteiger partial charge in [-0.25, -0.2) is 17.9 Å². The minimum absolute atomic E-state index is 0.0581. The van der Waals surface area contributed by atoms with Crippen molar-refractivity contribution in [1.29, 1.82) is 0 Å². The number of amides is 1. The van der Waals surface area contributed by atoms with E-state index >= 15 is 0 Å². The highest BCUT2D eigenvalue weighted by Crippen LogP contribution is 2.17. The van der Waals surface area contributed by atoms with E-state index in [1.54, 1.807) is 0 Å². The molecule has 0 aliphatic rings. The molecule has 8 heteroatoms. The Kier molecular flexibility index (Phi) is 3.92. The zero-order valence-electron chi connectivity index (χ0n) is 10.7. The van der Waals surface area contributed by atoms with E-state index in [9.17, 15) is 17.6 Å². The molecule has 110 valence electrons. The smallest absolute Gasteiger partial charge is 0.255 e. The number of carbonyl (C=O) groups excluding carboxylic acids is 1. The van der Waals surface area contributed by atoms with Gasteiger partial charge in [0.15, 0.2) is 0 Å². The SMILES string of the molecule is Nc1ccc(C(=O)Nc2cccc(S(N)(=O)=O)c2)cc1F. The summed E-state index contributed by atoms with van der Waals surface area (Å²) in [5, 5.41) is 7.45. The first-order valence-electron chi connectivity index (χ1n) is 5.76. The predicted octanol–water partition coefficient (Wildman–Crippen LogP) is 1.31. The second kappa shape index (κ2) is 5.51. The highest BCUT2D eigenvalue weighted by Gasteiger charge is 2.11. The second-order valence-electron chi connectivity index (χ2n) is 4.26. The number of nitrogen functional groups attached to an aromatic ring is 1. The average molecular weight is 309 g/mol. The molecule has 0 aliphatic carbocycles. The lowest BCUT2D eigenvalue weighted by molar-refractivity contribution is 0.102. The molecule has 0 fully saturated rings. The first-order valence-corrected chi connectivity index (χ1v) is 7.31. The van der Waals surface area contributed by atoms with Crippen LogP contribution in [0.15, 0.2) is 47.4 Å². The first kappa shape index (κ1) is 14.9. The molecule has 21 heavy (non-hydrogen) atoms. The lowest BCUT2D eigenvalue weighted by Crippen LogP contribution is -2.15. The molecule has 2 aromatic rings. The van der Waals surface area contributed by atoms with Crippen molar-refractivity contribution in [3.63, 3.8) is 0 Å². The van der Waals surface area contributed by atoms with Crippen molar-refractivity contribution in [1.82, 2.24) is 0 Å². The van der Waals surface area contributed by atoms with E-state index in [1.165, 1.54) is 36.4 Å². The summed E-state index contributed by atoms with van der Waals surface area (Å²) in [5.74, 6) is -1.30. The number of hydrogen-bond donors (Lipinski definition) is 3. The number of anilines is 2. The lowest BCUT2D eigenvalue weighted by atomic mass is 10.2. The van der Waals surface area contributed by atoms with Gasteiger partial charge < -0.3 is 11.1 Å². The predicted molar refractivity (Wildman–Crippen MR) is 76.6 cm³/mol. The van der Waals surface area contributed by atoms with Crippen molar-refractivity contribution in [2.45, 2.75) is 4.90 Å². The normalized spacial score (nSPS) is 11.1. The first-order chi connectivity index (χ1) is 9.77. The van der Waals surface area contributed by atoms with Crippen LogP contribution in [0.4, 0.5) is 15.8 Å². The van der Waals surface area contributed by atoms with Crippen LogP contribution in [-0.4, -0.2) is 14.3 Å². The Hall–Kier alpha value is -2.45. The Labute approximate surface area is 120 Å². The number of nitrogens with two attached hydrogens (primary N) is 2. The number of rotatable bonds is 3. The number of benzene rings is 2. The minimum atomic E-state index is -3.87. The van der Waals surface area contributed by atoms with Crippen LogP contribution in [-0.2, 0) is 10.0 Å². The van der Waals surface area contributed by atoms with Crippen molar-refractivity contribution < 1.29 is 17.6 Å². The second-order valence-corrected chi connectivity index (χ2v) is 5.82. The summed E-state index contributed by atoms with van der Waals surface area (Å²) in [6.45, 7) is 0. The number of carbonyl (C=O) groups is 1. The summed E-state index contributed by atoms with van der Waals surface area (Å²) in [5.41, 5.74) is 5.54. The van der Waals surface area contributed by atoms with Gasteiger partial charge in [-0.3, -0.25) is 4.79 Å². The standard InChI is InChI=1S/C13H12FN3O3S/c14-11-6-8(4-5-12(11)15)13(18)17-9-2-1-3-10(7-9)21(16,19)20/h1-7H,15H2,(H,17,18)(H2,16,19,20). The third-order valence-electron chi connectivity index (χ3n) is 2.68. The summed E-state index contributed by atoms with van der Waals surface area (Å²) in [6.07, 6.45) is 0. The quantitative estimate of drug-likeness (QED) is 0.741. The van der Waals surface area contributed by atoms with Gasteiger partial charge in [-0.15, -0.1) is 0 Å². The Morgan fingerprint density at radius 3 is 2.48 bits per heavy atom. The van der Waals surface area contributed by atoms with Crippen molar-refractivity contribution in [2.75, 3.05) is 11.1 Å². The van der Waals surface area contributed by atoms with Gasteiger partial charge >= 0.3 is 0 Å². The van der Waals surface area contributed by atoms with Crippen LogP contribution in [0.5, 0.6) is 0 Å². The third-order valence-corrected chi connectivity index (χ3v) is 3.59. The van der Waals surface area contributed by atoms with E-state index in [0.29, 0.717) is 0 Å². The van der Waals surface area contributed by atoms with Crippen LogP contribution in [0.25, 0.3) is 0 Å². The van der Waals surface area contributed by atoms with E-state index in [2.05, 4.69) is 5.32 Å². The zero-order chi connectivity index (χ0) is 15.6. The number of hydrogen-bond acceptors (Lipinski definition) is 4. The summed E-state index contributed by atoms with van der Waals surface area (Å²) in [7, 11) is -3.87. The minimum Gasteiger partial charge on any atom is -0.396 e. The summed E-state index contributed by atoms with van der Waals surface area (Å²) in [6, 6.07) is 9.05. The van der Waals surface area contributed by atoms with Crippen LogP contribution >= 0.6 is 0 Å². The molecule has 0 spiro atoms. The van der Waals surface area contributed by atoms with Crippen LogP contribution in [0.2, 0.25) is 0 Å². The van der Waals surface area contributed by atoms with Gasteiger partial charge in [-0.2, -0.15) is 0 Å². The number of sulfonamides is 1. The Morgan fingerprint density at radius 2 is 1.86 bits per heavy atom. The Bertz CT molecular complexity index is 806. The molecule has 1 amide bonds. The van der Waals surface area contributed by atoms with E-state index in [1.807, 2.05) is 0 Å². The average Bonchev–Trinajstić information content (AvgIpc) is 2.41. The summed E-state index contributed by atoms with van der Waals surface area (Å²) >= 11 is 0. The topological polar surface area (TPSA) is 115 Å². The Balaban J connectivity index is 2.25. The molecular formula is C13H12FN3O3S. The van der Waals surface area contributed by atoms with E-state index in [4.69, 9.17) is 10.9 Å². The van der Waals surface area contributed by atoms with Gasteiger partial charge in [-0.1, -0.05) is 6.07 Å². The molecule has 6 nitrogen and oxygen atoms in total. The monoisotopic (exact) mass is 309 g/mol.